The summed E-state index contributed by atoms with van der Waals surface area (Å²) in [5.41, 5.74) is 7.23. The Morgan fingerprint density at radius 3 is 2.73 bits per heavy atom. The highest BCUT2D eigenvalue weighted by molar-refractivity contribution is 5.84. The summed E-state index contributed by atoms with van der Waals surface area (Å²) in [6.45, 7) is 4.47. The fraction of sp³-hybridized carbons (Fsp3) is 0.889. The molecule has 0 spiro atoms. The zero-order valence-corrected chi connectivity index (χ0v) is 9.49. The van der Waals surface area contributed by atoms with E-state index in [4.69, 9.17) is 10.3 Å². The van der Waals surface area contributed by atoms with Crippen molar-refractivity contribution in [1.82, 2.24) is 5.32 Å². The number of rotatable bonds is 7. The molecule has 0 aliphatic carbocycles. The Bertz CT molecular complexity index is 246. The van der Waals surface area contributed by atoms with E-state index in [-0.39, 0.29) is 5.91 Å². The van der Waals surface area contributed by atoms with Gasteiger partial charge in [-0.2, -0.15) is 0 Å². The number of carbonyl (C=O) groups excluding carboxylic acids is 1. The van der Waals surface area contributed by atoms with Crippen LogP contribution in [-0.2, 0) is 9.53 Å². The van der Waals surface area contributed by atoms with Crippen LogP contribution < -0.4 is 5.32 Å². The van der Waals surface area contributed by atoms with Gasteiger partial charge in [0.1, 0.15) is 5.60 Å². The van der Waals surface area contributed by atoms with E-state index in [1.54, 1.807) is 13.8 Å². The first-order valence-electron chi connectivity index (χ1n) is 4.89. The van der Waals surface area contributed by atoms with Crippen molar-refractivity contribution in [3.63, 3.8) is 0 Å². The van der Waals surface area contributed by atoms with Crippen LogP contribution in [0.15, 0.2) is 5.11 Å². The first-order chi connectivity index (χ1) is 7.04. The number of ether oxygens (including phenoxy) is 1. The molecular weight excluding hydrogens is 196 g/mol. The molecule has 0 fully saturated rings. The van der Waals surface area contributed by atoms with Gasteiger partial charge in [0.25, 0.3) is 5.91 Å². The number of nitrogens with one attached hydrogen (secondary N) is 1. The fourth-order valence-corrected chi connectivity index (χ4v) is 0.860. The van der Waals surface area contributed by atoms with E-state index < -0.39 is 5.60 Å². The van der Waals surface area contributed by atoms with Gasteiger partial charge in [0, 0.05) is 25.1 Å². The van der Waals surface area contributed by atoms with Gasteiger partial charge in [-0.1, -0.05) is 5.11 Å². The van der Waals surface area contributed by atoms with Gasteiger partial charge in [0.05, 0.1) is 0 Å². The van der Waals surface area contributed by atoms with Crippen LogP contribution in [-0.4, -0.2) is 31.7 Å². The average Bonchev–Trinajstić information content (AvgIpc) is 2.22. The Morgan fingerprint density at radius 1 is 1.53 bits per heavy atom. The van der Waals surface area contributed by atoms with Crippen LogP contribution >= 0.6 is 0 Å². The summed E-state index contributed by atoms with van der Waals surface area (Å²) in [6, 6.07) is 0. The number of hydrogen-bond acceptors (Lipinski definition) is 3. The van der Waals surface area contributed by atoms with Crippen molar-refractivity contribution in [2.75, 3.05) is 20.2 Å². The maximum absolute atomic E-state index is 11.5. The summed E-state index contributed by atoms with van der Waals surface area (Å²) in [6.07, 6.45) is 1.57. The molecule has 0 saturated heterocycles. The van der Waals surface area contributed by atoms with Gasteiger partial charge >= 0.3 is 0 Å². The summed E-state index contributed by atoms with van der Waals surface area (Å²) in [5.74, 6) is -0.131. The van der Waals surface area contributed by atoms with Gasteiger partial charge in [-0.3, -0.25) is 4.79 Å². The van der Waals surface area contributed by atoms with Crippen molar-refractivity contribution in [2.24, 2.45) is 5.11 Å². The quantitative estimate of drug-likeness (QED) is 0.302. The van der Waals surface area contributed by atoms with Crippen LogP contribution in [0.5, 0.6) is 0 Å². The predicted octanol–water partition coefficient (Wildman–Crippen LogP) is 1.62. The zero-order chi connectivity index (χ0) is 11.7. The van der Waals surface area contributed by atoms with Gasteiger partial charge in [0.15, 0.2) is 0 Å². The lowest BCUT2D eigenvalue weighted by Crippen LogP contribution is -2.43. The number of amides is 1. The van der Waals surface area contributed by atoms with Crippen LogP contribution in [0.25, 0.3) is 10.4 Å². The van der Waals surface area contributed by atoms with Crippen LogP contribution in [0.3, 0.4) is 0 Å². The summed E-state index contributed by atoms with van der Waals surface area (Å²) >= 11 is 0. The molecule has 0 aliphatic heterocycles. The monoisotopic (exact) mass is 214 g/mol. The van der Waals surface area contributed by atoms with Crippen molar-refractivity contribution in [1.29, 1.82) is 0 Å². The third kappa shape index (κ3) is 5.93. The number of carbonyl (C=O) groups is 1. The Hall–Kier alpha value is -1.26. The number of azide groups is 1. The molecule has 0 rings (SSSR count). The van der Waals surface area contributed by atoms with Crippen molar-refractivity contribution < 1.29 is 9.53 Å². The minimum absolute atomic E-state index is 0.131. The molecule has 0 atom stereocenters. The fourth-order valence-electron chi connectivity index (χ4n) is 0.860. The van der Waals surface area contributed by atoms with Crippen molar-refractivity contribution in [3.05, 3.63) is 10.4 Å². The number of nitrogens with zero attached hydrogens (tertiary/aromatic N) is 3. The summed E-state index contributed by atoms with van der Waals surface area (Å²) in [4.78, 5) is 14.1. The number of unbranched alkanes of at least 4 members (excludes halogenated alkanes) is 1. The SMILES string of the molecule is COC(C)(C)C(=O)NCCCCN=[N+]=[N-]. The molecule has 6 heteroatoms. The van der Waals surface area contributed by atoms with Crippen LogP contribution in [0.1, 0.15) is 26.7 Å². The topological polar surface area (TPSA) is 87.1 Å². The minimum atomic E-state index is -0.787. The standard InChI is InChI=1S/C9H18N4O2/c1-9(2,15-3)8(14)11-6-4-5-7-12-13-10/h4-7H2,1-3H3,(H,11,14). The van der Waals surface area contributed by atoms with Crippen LogP contribution in [0.2, 0.25) is 0 Å². The molecule has 1 amide bonds. The van der Waals surface area contributed by atoms with E-state index in [1.807, 2.05) is 0 Å². The lowest BCUT2D eigenvalue weighted by molar-refractivity contribution is -0.139. The molecule has 0 aromatic heterocycles. The molecule has 0 saturated carbocycles. The van der Waals surface area contributed by atoms with Crippen LogP contribution in [0, 0.1) is 0 Å². The summed E-state index contributed by atoms with van der Waals surface area (Å²) < 4.78 is 5.02. The Morgan fingerprint density at radius 2 is 2.20 bits per heavy atom. The van der Waals surface area contributed by atoms with E-state index in [2.05, 4.69) is 15.3 Å². The molecule has 0 aliphatic rings. The third-order valence-electron chi connectivity index (χ3n) is 2.09. The molecule has 1 N–H and O–H groups in total. The highest BCUT2D eigenvalue weighted by Gasteiger charge is 2.25. The lowest BCUT2D eigenvalue weighted by atomic mass is 10.1. The third-order valence-corrected chi connectivity index (χ3v) is 2.09. The highest BCUT2D eigenvalue weighted by atomic mass is 16.5. The van der Waals surface area contributed by atoms with Crippen molar-refractivity contribution >= 4 is 5.91 Å². The maximum Gasteiger partial charge on any atom is 0.251 e. The Balaban J connectivity index is 3.60. The molecule has 15 heavy (non-hydrogen) atoms. The normalized spacial score (nSPS) is 10.6. The zero-order valence-electron chi connectivity index (χ0n) is 9.49. The highest BCUT2D eigenvalue weighted by Crippen LogP contribution is 2.06. The van der Waals surface area contributed by atoms with Gasteiger partial charge < -0.3 is 10.1 Å². The van der Waals surface area contributed by atoms with E-state index in [0.29, 0.717) is 13.1 Å². The number of methoxy groups -OCH3 is 1. The van der Waals surface area contributed by atoms with E-state index in [9.17, 15) is 4.79 Å². The van der Waals surface area contributed by atoms with E-state index in [1.165, 1.54) is 7.11 Å². The molecule has 6 nitrogen and oxygen atoms in total. The first kappa shape index (κ1) is 13.7. The minimum Gasteiger partial charge on any atom is -0.369 e. The largest absolute Gasteiger partial charge is 0.369 e. The Labute approximate surface area is 89.6 Å². The molecular formula is C9H18N4O2. The second-order valence-electron chi connectivity index (χ2n) is 3.63. The van der Waals surface area contributed by atoms with Crippen molar-refractivity contribution in [2.45, 2.75) is 32.3 Å². The first-order valence-corrected chi connectivity index (χ1v) is 4.89. The van der Waals surface area contributed by atoms with Crippen molar-refractivity contribution in [3.8, 4) is 0 Å². The summed E-state index contributed by atoms with van der Waals surface area (Å²) in [7, 11) is 1.50. The van der Waals surface area contributed by atoms with Gasteiger partial charge in [-0.15, -0.1) is 0 Å². The van der Waals surface area contributed by atoms with Gasteiger partial charge in [-0.25, -0.2) is 0 Å². The maximum atomic E-state index is 11.5. The second-order valence-corrected chi connectivity index (χ2v) is 3.63. The lowest BCUT2D eigenvalue weighted by Gasteiger charge is -2.21. The average molecular weight is 214 g/mol. The molecule has 0 radical (unpaired) electrons. The molecule has 0 aromatic rings. The molecule has 0 aromatic carbocycles. The van der Waals surface area contributed by atoms with E-state index >= 15 is 0 Å². The summed E-state index contributed by atoms with van der Waals surface area (Å²) in [5, 5.41) is 6.15. The Kier molecular flexibility index (Phi) is 6.49. The smallest absolute Gasteiger partial charge is 0.251 e. The number of hydrogen-bond donors (Lipinski definition) is 1. The molecule has 0 unspecified atom stereocenters. The second kappa shape index (κ2) is 7.09. The molecule has 86 valence electrons. The van der Waals surface area contributed by atoms with Gasteiger partial charge in [-0.05, 0) is 32.2 Å². The van der Waals surface area contributed by atoms with E-state index in [0.717, 1.165) is 12.8 Å². The molecule has 0 bridgehead atoms. The van der Waals surface area contributed by atoms with Crippen LogP contribution in [0.4, 0.5) is 0 Å². The predicted molar refractivity (Wildman–Crippen MR) is 57.3 cm³/mol. The van der Waals surface area contributed by atoms with Gasteiger partial charge in [0.2, 0.25) is 0 Å². The molecule has 0 heterocycles.